The minimum Gasteiger partial charge on any atom is -0.481 e. The van der Waals surface area contributed by atoms with Gasteiger partial charge in [0.2, 0.25) is 0 Å². The van der Waals surface area contributed by atoms with Crippen LogP contribution in [0.3, 0.4) is 0 Å². The third kappa shape index (κ3) is 1.92. The molecule has 0 bridgehead atoms. The van der Waals surface area contributed by atoms with Crippen molar-refractivity contribution >= 4 is 11.9 Å². The molecule has 0 radical (unpaired) electrons. The molecule has 1 aliphatic carbocycles. The molecule has 0 amide bonds. The second kappa shape index (κ2) is 3.51. The van der Waals surface area contributed by atoms with Crippen LogP contribution in [0.25, 0.3) is 0 Å². The van der Waals surface area contributed by atoms with Crippen molar-refractivity contribution in [1.29, 1.82) is 0 Å². The Balaban J connectivity index is 3.29. The molecule has 2 unspecified atom stereocenters. The lowest BCUT2D eigenvalue weighted by atomic mass is 9.80. The molecule has 0 heterocycles. The van der Waals surface area contributed by atoms with Gasteiger partial charge < -0.3 is 15.3 Å². The fourth-order valence-electron chi connectivity index (χ4n) is 1.72. The monoisotopic (exact) mass is 212 g/mol. The zero-order chi connectivity index (χ0) is 11.8. The van der Waals surface area contributed by atoms with E-state index in [0.717, 1.165) is 0 Å². The molecule has 3 N–H and O–H groups in total. The van der Waals surface area contributed by atoms with Crippen LogP contribution in [0.4, 0.5) is 0 Å². The Morgan fingerprint density at radius 2 is 1.93 bits per heavy atom. The average Bonchev–Trinajstić information content (AvgIpc) is 2.00. The Kier molecular flexibility index (Phi) is 2.68. The van der Waals surface area contributed by atoms with Crippen LogP contribution in [0.5, 0.6) is 0 Å². The van der Waals surface area contributed by atoms with E-state index in [4.69, 9.17) is 10.2 Å². The van der Waals surface area contributed by atoms with Crippen LogP contribution in [0, 0.1) is 5.92 Å². The highest BCUT2D eigenvalue weighted by molar-refractivity contribution is 5.93. The summed E-state index contributed by atoms with van der Waals surface area (Å²) < 4.78 is 0. The normalized spacial score (nSPS) is 30.5. The predicted molar refractivity (Wildman–Crippen MR) is 51.2 cm³/mol. The van der Waals surface area contributed by atoms with Crippen LogP contribution in [0.1, 0.15) is 13.8 Å². The number of carboxylic acids is 2. The molecule has 5 heteroatoms. The summed E-state index contributed by atoms with van der Waals surface area (Å²) in [5.74, 6) is -3.40. The number of carbonyl (C=O) groups is 2. The van der Waals surface area contributed by atoms with E-state index < -0.39 is 23.5 Å². The first-order chi connectivity index (χ1) is 6.77. The molecular formula is C10H12O5. The zero-order valence-electron chi connectivity index (χ0n) is 8.39. The van der Waals surface area contributed by atoms with Crippen LogP contribution in [-0.2, 0) is 9.59 Å². The van der Waals surface area contributed by atoms with Crippen molar-refractivity contribution in [3.8, 4) is 0 Å². The van der Waals surface area contributed by atoms with Crippen LogP contribution >= 0.6 is 0 Å². The van der Waals surface area contributed by atoms with Gasteiger partial charge in [0.15, 0.2) is 0 Å². The van der Waals surface area contributed by atoms with E-state index in [2.05, 4.69) is 0 Å². The fraction of sp³-hybridized carbons (Fsp3) is 0.400. The molecule has 0 saturated heterocycles. The SMILES string of the molecule is CC1=C(C(=O)O)C(C)(O)C=CC1C(=O)O. The largest absolute Gasteiger partial charge is 0.481 e. The first-order valence-corrected chi connectivity index (χ1v) is 4.36. The highest BCUT2D eigenvalue weighted by Gasteiger charge is 2.37. The van der Waals surface area contributed by atoms with Gasteiger partial charge in [0.05, 0.1) is 11.5 Å². The number of aliphatic carboxylic acids is 2. The van der Waals surface area contributed by atoms with Gasteiger partial charge in [-0.2, -0.15) is 0 Å². The molecule has 0 aromatic carbocycles. The smallest absolute Gasteiger partial charge is 0.334 e. The highest BCUT2D eigenvalue weighted by atomic mass is 16.4. The fourth-order valence-corrected chi connectivity index (χ4v) is 1.72. The molecule has 0 aliphatic heterocycles. The van der Waals surface area contributed by atoms with E-state index in [9.17, 15) is 14.7 Å². The van der Waals surface area contributed by atoms with E-state index in [-0.39, 0.29) is 11.1 Å². The van der Waals surface area contributed by atoms with E-state index in [0.29, 0.717) is 0 Å². The molecule has 2 atom stereocenters. The molecule has 1 rings (SSSR count). The van der Waals surface area contributed by atoms with Gasteiger partial charge in [0.25, 0.3) is 0 Å². The Morgan fingerprint density at radius 1 is 1.40 bits per heavy atom. The van der Waals surface area contributed by atoms with Gasteiger partial charge in [0, 0.05) is 0 Å². The Labute approximate surface area is 86.3 Å². The lowest BCUT2D eigenvalue weighted by Gasteiger charge is -2.28. The molecule has 5 nitrogen and oxygen atoms in total. The average molecular weight is 212 g/mol. The first kappa shape index (κ1) is 11.5. The standard InChI is InChI=1S/C10H12O5/c1-5-6(8(11)12)3-4-10(2,15)7(5)9(13)14/h3-4,6,15H,1-2H3,(H,11,12)(H,13,14). The van der Waals surface area contributed by atoms with Gasteiger partial charge in [0.1, 0.15) is 5.60 Å². The van der Waals surface area contributed by atoms with Gasteiger partial charge in [-0.1, -0.05) is 12.2 Å². The van der Waals surface area contributed by atoms with E-state index >= 15 is 0 Å². The third-order valence-electron chi connectivity index (χ3n) is 2.46. The van der Waals surface area contributed by atoms with Crippen molar-refractivity contribution in [2.45, 2.75) is 19.4 Å². The third-order valence-corrected chi connectivity index (χ3v) is 2.46. The van der Waals surface area contributed by atoms with Crippen LogP contribution < -0.4 is 0 Å². The van der Waals surface area contributed by atoms with Crippen molar-refractivity contribution in [3.05, 3.63) is 23.3 Å². The summed E-state index contributed by atoms with van der Waals surface area (Å²) in [5, 5.41) is 27.5. The number of carboxylic acid groups (broad SMARTS) is 2. The number of aliphatic hydroxyl groups is 1. The molecule has 0 saturated carbocycles. The number of rotatable bonds is 2. The van der Waals surface area contributed by atoms with Crippen molar-refractivity contribution in [1.82, 2.24) is 0 Å². The Bertz CT molecular complexity index is 375. The highest BCUT2D eigenvalue weighted by Crippen LogP contribution is 2.32. The molecule has 0 aromatic heterocycles. The minimum absolute atomic E-state index is 0.155. The van der Waals surface area contributed by atoms with E-state index in [1.165, 1.54) is 26.0 Å². The zero-order valence-corrected chi connectivity index (χ0v) is 8.39. The quantitative estimate of drug-likeness (QED) is 0.576. The van der Waals surface area contributed by atoms with Crippen molar-refractivity contribution in [3.63, 3.8) is 0 Å². The summed E-state index contributed by atoms with van der Waals surface area (Å²) >= 11 is 0. The summed E-state index contributed by atoms with van der Waals surface area (Å²) in [7, 11) is 0. The predicted octanol–water partition coefficient (Wildman–Crippen LogP) is 0.409. The summed E-state index contributed by atoms with van der Waals surface area (Å²) in [6, 6.07) is 0. The maximum absolute atomic E-state index is 10.9. The molecule has 82 valence electrons. The summed E-state index contributed by atoms with van der Waals surface area (Å²) in [4.78, 5) is 21.7. The second-order valence-corrected chi connectivity index (χ2v) is 3.69. The van der Waals surface area contributed by atoms with Crippen LogP contribution in [0.15, 0.2) is 23.3 Å². The van der Waals surface area contributed by atoms with Gasteiger partial charge in [-0.15, -0.1) is 0 Å². The van der Waals surface area contributed by atoms with Gasteiger partial charge in [-0.3, -0.25) is 4.79 Å². The first-order valence-electron chi connectivity index (χ1n) is 4.36. The van der Waals surface area contributed by atoms with E-state index in [1.54, 1.807) is 0 Å². The number of hydrogen-bond acceptors (Lipinski definition) is 3. The topological polar surface area (TPSA) is 94.8 Å². The lowest BCUT2D eigenvalue weighted by Crippen LogP contribution is -2.35. The molecule has 0 spiro atoms. The Morgan fingerprint density at radius 3 is 2.33 bits per heavy atom. The van der Waals surface area contributed by atoms with Gasteiger partial charge in [-0.05, 0) is 19.4 Å². The molecule has 0 fully saturated rings. The maximum atomic E-state index is 10.9. The summed E-state index contributed by atoms with van der Waals surface area (Å²) in [6.45, 7) is 2.72. The van der Waals surface area contributed by atoms with Gasteiger partial charge in [-0.25, -0.2) is 4.79 Å². The van der Waals surface area contributed by atoms with Crippen LogP contribution in [0.2, 0.25) is 0 Å². The summed E-state index contributed by atoms with van der Waals surface area (Å²) in [6.07, 6.45) is 2.49. The lowest BCUT2D eigenvalue weighted by molar-refractivity contribution is -0.139. The second-order valence-electron chi connectivity index (χ2n) is 3.69. The molecule has 15 heavy (non-hydrogen) atoms. The molecular weight excluding hydrogens is 200 g/mol. The molecule has 1 aliphatic rings. The maximum Gasteiger partial charge on any atom is 0.334 e. The Hall–Kier alpha value is -1.62. The van der Waals surface area contributed by atoms with Gasteiger partial charge >= 0.3 is 11.9 Å². The van der Waals surface area contributed by atoms with Crippen LogP contribution in [-0.4, -0.2) is 32.9 Å². The minimum atomic E-state index is -1.61. The van der Waals surface area contributed by atoms with Crippen molar-refractivity contribution in [2.24, 2.45) is 5.92 Å². The van der Waals surface area contributed by atoms with Crippen molar-refractivity contribution in [2.75, 3.05) is 0 Å². The van der Waals surface area contributed by atoms with Crippen molar-refractivity contribution < 1.29 is 24.9 Å². The number of hydrogen-bond donors (Lipinski definition) is 3. The van der Waals surface area contributed by atoms with E-state index in [1.807, 2.05) is 0 Å². The summed E-state index contributed by atoms with van der Waals surface area (Å²) in [5.41, 5.74) is -1.72. The molecule has 0 aromatic rings.